The third-order valence-electron chi connectivity index (χ3n) is 2.26. The summed E-state index contributed by atoms with van der Waals surface area (Å²) in [5.74, 6) is 0.394. The number of nitrogens with one attached hydrogen (secondary N) is 1. The van der Waals surface area contributed by atoms with Crippen LogP contribution in [0.25, 0.3) is 0 Å². The average Bonchev–Trinajstić information content (AvgIpc) is 2.26. The van der Waals surface area contributed by atoms with Gasteiger partial charge in [0.05, 0.1) is 5.75 Å². The number of carbonyl (C=O) groups excluding carboxylic acids is 1. The lowest BCUT2D eigenvalue weighted by atomic mass is 10.0. The van der Waals surface area contributed by atoms with Gasteiger partial charge in [0.15, 0.2) is 5.16 Å². The van der Waals surface area contributed by atoms with Crippen molar-refractivity contribution in [2.45, 2.75) is 37.9 Å². The standard InChI is InChI=1S/C10H17N5OS/c1-4-10(2,3)15-7(16)5-17-9-13-6-12-8(11)14-9/h6H,4-5H2,1-3H3,(H,15,16)(H2,11,12,13,14). The van der Waals surface area contributed by atoms with E-state index in [0.29, 0.717) is 5.16 Å². The molecule has 7 heteroatoms. The molecule has 0 saturated carbocycles. The normalized spacial score (nSPS) is 11.2. The van der Waals surface area contributed by atoms with Crippen molar-refractivity contribution in [3.8, 4) is 0 Å². The summed E-state index contributed by atoms with van der Waals surface area (Å²) in [6.45, 7) is 5.99. The first-order valence-electron chi connectivity index (χ1n) is 5.31. The Labute approximate surface area is 105 Å². The predicted octanol–water partition coefficient (Wildman–Crippen LogP) is 0.851. The van der Waals surface area contributed by atoms with E-state index in [0.717, 1.165) is 6.42 Å². The highest BCUT2D eigenvalue weighted by atomic mass is 32.2. The highest BCUT2D eigenvalue weighted by Crippen LogP contribution is 2.13. The van der Waals surface area contributed by atoms with Crippen molar-refractivity contribution < 1.29 is 4.79 Å². The number of nitrogens with two attached hydrogens (primary N) is 1. The van der Waals surface area contributed by atoms with Crippen molar-refractivity contribution in [2.75, 3.05) is 11.5 Å². The van der Waals surface area contributed by atoms with Gasteiger partial charge in [-0.25, -0.2) is 9.97 Å². The van der Waals surface area contributed by atoms with Crippen LogP contribution in [0.1, 0.15) is 27.2 Å². The molecular formula is C10H17N5OS. The van der Waals surface area contributed by atoms with Gasteiger partial charge in [-0.3, -0.25) is 4.79 Å². The molecule has 0 bridgehead atoms. The lowest BCUT2D eigenvalue weighted by molar-refractivity contribution is -0.120. The molecule has 0 fully saturated rings. The fourth-order valence-corrected chi connectivity index (χ4v) is 1.61. The number of hydrogen-bond donors (Lipinski definition) is 2. The molecule has 0 atom stereocenters. The summed E-state index contributed by atoms with van der Waals surface area (Å²) in [7, 11) is 0. The monoisotopic (exact) mass is 255 g/mol. The SMILES string of the molecule is CCC(C)(C)NC(=O)CSc1ncnc(N)n1. The molecule has 0 aromatic carbocycles. The number of nitrogens with zero attached hydrogens (tertiary/aromatic N) is 3. The number of amides is 1. The molecule has 1 rings (SSSR count). The first kappa shape index (κ1) is 13.7. The quantitative estimate of drug-likeness (QED) is 0.758. The maximum absolute atomic E-state index is 11.6. The van der Waals surface area contributed by atoms with Crippen molar-refractivity contribution in [2.24, 2.45) is 0 Å². The van der Waals surface area contributed by atoms with Gasteiger partial charge in [-0.2, -0.15) is 4.98 Å². The van der Waals surface area contributed by atoms with Crippen LogP contribution in [-0.4, -0.2) is 32.2 Å². The Hall–Kier alpha value is -1.37. The zero-order valence-corrected chi connectivity index (χ0v) is 11.0. The third kappa shape index (κ3) is 4.99. The van der Waals surface area contributed by atoms with E-state index in [2.05, 4.69) is 20.3 Å². The topological polar surface area (TPSA) is 93.8 Å². The molecule has 0 radical (unpaired) electrons. The molecule has 1 amide bonds. The second-order valence-corrected chi connectivity index (χ2v) is 5.14. The van der Waals surface area contributed by atoms with E-state index in [1.54, 1.807) is 0 Å². The predicted molar refractivity (Wildman–Crippen MR) is 67.5 cm³/mol. The molecule has 0 unspecified atom stereocenters. The van der Waals surface area contributed by atoms with Crippen molar-refractivity contribution in [3.05, 3.63) is 6.33 Å². The highest BCUT2D eigenvalue weighted by molar-refractivity contribution is 7.99. The van der Waals surface area contributed by atoms with Crippen molar-refractivity contribution in [1.82, 2.24) is 20.3 Å². The van der Waals surface area contributed by atoms with E-state index in [4.69, 9.17) is 5.73 Å². The molecule has 0 aliphatic rings. The van der Waals surface area contributed by atoms with E-state index in [1.807, 2.05) is 20.8 Å². The number of hydrogen-bond acceptors (Lipinski definition) is 6. The maximum atomic E-state index is 11.6. The second-order valence-electron chi connectivity index (χ2n) is 4.20. The number of aromatic nitrogens is 3. The Balaban J connectivity index is 2.44. The second kappa shape index (κ2) is 5.81. The van der Waals surface area contributed by atoms with E-state index < -0.39 is 0 Å². The van der Waals surface area contributed by atoms with Crippen LogP contribution in [0.5, 0.6) is 0 Å². The van der Waals surface area contributed by atoms with Crippen molar-refractivity contribution in [1.29, 1.82) is 0 Å². The number of nitrogen functional groups attached to an aromatic ring is 1. The summed E-state index contributed by atoms with van der Waals surface area (Å²) in [6, 6.07) is 0. The van der Waals surface area contributed by atoms with Crippen LogP contribution in [0.15, 0.2) is 11.5 Å². The molecule has 1 heterocycles. The van der Waals surface area contributed by atoms with Crippen LogP contribution in [0.4, 0.5) is 5.95 Å². The minimum absolute atomic E-state index is 0.0409. The van der Waals surface area contributed by atoms with Gasteiger partial charge < -0.3 is 11.1 Å². The smallest absolute Gasteiger partial charge is 0.230 e. The van der Waals surface area contributed by atoms with Gasteiger partial charge in [-0.05, 0) is 20.3 Å². The minimum Gasteiger partial charge on any atom is -0.368 e. The summed E-state index contributed by atoms with van der Waals surface area (Å²) in [6.07, 6.45) is 2.21. The molecule has 17 heavy (non-hydrogen) atoms. The Kier molecular flexibility index (Phi) is 4.68. The lowest BCUT2D eigenvalue weighted by Gasteiger charge is -2.24. The van der Waals surface area contributed by atoms with E-state index in [9.17, 15) is 4.79 Å². The number of thioether (sulfide) groups is 1. The molecule has 3 N–H and O–H groups in total. The van der Waals surface area contributed by atoms with E-state index >= 15 is 0 Å². The fraction of sp³-hybridized carbons (Fsp3) is 0.600. The van der Waals surface area contributed by atoms with Gasteiger partial charge in [-0.1, -0.05) is 18.7 Å². The molecule has 0 aliphatic heterocycles. The number of anilines is 1. The summed E-state index contributed by atoms with van der Waals surface area (Å²) in [5.41, 5.74) is 5.23. The molecule has 0 saturated heterocycles. The van der Waals surface area contributed by atoms with Crippen molar-refractivity contribution in [3.63, 3.8) is 0 Å². The molecule has 94 valence electrons. The molecular weight excluding hydrogens is 238 g/mol. The van der Waals surface area contributed by atoms with Gasteiger partial charge >= 0.3 is 0 Å². The van der Waals surface area contributed by atoms with Crippen molar-refractivity contribution >= 4 is 23.6 Å². The molecule has 6 nitrogen and oxygen atoms in total. The summed E-state index contributed by atoms with van der Waals surface area (Å²) < 4.78 is 0. The Morgan fingerprint density at radius 3 is 2.82 bits per heavy atom. The third-order valence-corrected chi connectivity index (χ3v) is 3.12. The van der Waals surface area contributed by atoms with Crippen LogP contribution >= 0.6 is 11.8 Å². The summed E-state index contributed by atoms with van der Waals surface area (Å²) in [5, 5.41) is 3.39. The zero-order valence-electron chi connectivity index (χ0n) is 10.2. The maximum Gasteiger partial charge on any atom is 0.230 e. The van der Waals surface area contributed by atoms with Crippen LogP contribution in [0, 0.1) is 0 Å². The molecule has 0 spiro atoms. The van der Waals surface area contributed by atoms with Crippen LogP contribution in [0.2, 0.25) is 0 Å². The van der Waals surface area contributed by atoms with Crippen LogP contribution in [-0.2, 0) is 4.79 Å². The van der Waals surface area contributed by atoms with Gasteiger partial charge in [0, 0.05) is 5.54 Å². The van der Waals surface area contributed by atoms with Crippen LogP contribution in [0.3, 0.4) is 0 Å². The average molecular weight is 255 g/mol. The number of rotatable bonds is 5. The molecule has 0 aliphatic carbocycles. The largest absolute Gasteiger partial charge is 0.368 e. The van der Waals surface area contributed by atoms with Gasteiger partial charge in [0.2, 0.25) is 11.9 Å². The van der Waals surface area contributed by atoms with Crippen LogP contribution < -0.4 is 11.1 Å². The highest BCUT2D eigenvalue weighted by Gasteiger charge is 2.17. The summed E-state index contributed by atoms with van der Waals surface area (Å²) in [4.78, 5) is 23.1. The van der Waals surface area contributed by atoms with E-state index in [-0.39, 0.29) is 23.1 Å². The fourth-order valence-electron chi connectivity index (χ4n) is 0.995. The van der Waals surface area contributed by atoms with Gasteiger partial charge in [-0.15, -0.1) is 0 Å². The minimum atomic E-state index is -0.185. The van der Waals surface area contributed by atoms with Gasteiger partial charge in [0.25, 0.3) is 0 Å². The summed E-state index contributed by atoms with van der Waals surface area (Å²) >= 11 is 1.24. The first-order valence-corrected chi connectivity index (χ1v) is 6.30. The molecule has 1 aromatic heterocycles. The number of carbonyl (C=O) groups is 1. The zero-order chi connectivity index (χ0) is 12.9. The molecule has 1 aromatic rings. The van der Waals surface area contributed by atoms with E-state index in [1.165, 1.54) is 18.1 Å². The Morgan fingerprint density at radius 1 is 1.53 bits per heavy atom. The van der Waals surface area contributed by atoms with Gasteiger partial charge in [0.1, 0.15) is 6.33 Å². The first-order chi connectivity index (χ1) is 7.93. The Bertz CT molecular complexity index is 396. The Morgan fingerprint density at radius 2 is 2.24 bits per heavy atom. The lowest BCUT2D eigenvalue weighted by Crippen LogP contribution is -2.43.